The zero-order chi connectivity index (χ0) is 14.1. The van der Waals surface area contributed by atoms with Gasteiger partial charge in [0.2, 0.25) is 5.91 Å². The van der Waals surface area contributed by atoms with E-state index >= 15 is 0 Å². The van der Waals surface area contributed by atoms with Crippen LogP contribution < -0.4 is 10.6 Å². The van der Waals surface area contributed by atoms with Crippen molar-refractivity contribution in [2.75, 3.05) is 18.0 Å². The first kappa shape index (κ1) is 15.6. The quantitative estimate of drug-likeness (QED) is 0.735. The highest BCUT2D eigenvalue weighted by molar-refractivity contribution is 5.93. The molecule has 19 heavy (non-hydrogen) atoms. The van der Waals surface area contributed by atoms with Crippen LogP contribution in [0.4, 0.5) is 10.1 Å². The Morgan fingerprint density at radius 3 is 2.74 bits per heavy atom. The number of nitrogens with zero attached hydrogens (tertiary/aromatic N) is 1. The van der Waals surface area contributed by atoms with E-state index < -0.39 is 0 Å². The largest absolute Gasteiger partial charge is 0.330 e. The second-order valence-electron chi connectivity index (χ2n) is 4.62. The van der Waals surface area contributed by atoms with E-state index in [9.17, 15) is 9.18 Å². The van der Waals surface area contributed by atoms with E-state index in [0.717, 1.165) is 25.7 Å². The third kappa shape index (κ3) is 5.39. The van der Waals surface area contributed by atoms with Crippen molar-refractivity contribution in [1.29, 1.82) is 0 Å². The third-order valence-corrected chi connectivity index (χ3v) is 3.00. The zero-order valence-corrected chi connectivity index (χ0v) is 11.6. The molecule has 0 saturated carbocycles. The molecule has 2 N–H and O–H groups in total. The smallest absolute Gasteiger partial charge is 0.226 e. The highest BCUT2D eigenvalue weighted by atomic mass is 19.1. The lowest BCUT2D eigenvalue weighted by Crippen LogP contribution is -2.32. The van der Waals surface area contributed by atoms with Crippen molar-refractivity contribution in [3.63, 3.8) is 0 Å². The fourth-order valence-corrected chi connectivity index (χ4v) is 1.95. The Morgan fingerprint density at radius 1 is 1.32 bits per heavy atom. The molecule has 0 heterocycles. The molecule has 0 aliphatic rings. The van der Waals surface area contributed by atoms with E-state index in [4.69, 9.17) is 5.73 Å². The second kappa shape index (κ2) is 8.64. The van der Waals surface area contributed by atoms with Crippen LogP contribution in [-0.2, 0) is 4.79 Å². The minimum atomic E-state index is -0.323. The maximum atomic E-state index is 13.3. The van der Waals surface area contributed by atoms with E-state index in [1.54, 1.807) is 17.0 Å². The van der Waals surface area contributed by atoms with Crippen molar-refractivity contribution in [3.8, 4) is 0 Å². The lowest BCUT2D eigenvalue weighted by atomic mass is 10.1. The molecule has 0 fully saturated rings. The van der Waals surface area contributed by atoms with Crippen LogP contribution in [0.3, 0.4) is 0 Å². The third-order valence-electron chi connectivity index (χ3n) is 3.00. The number of halogens is 1. The average molecular weight is 266 g/mol. The Labute approximate surface area is 114 Å². The number of hydrogen-bond donors (Lipinski definition) is 1. The van der Waals surface area contributed by atoms with Gasteiger partial charge in [-0.3, -0.25) is 4.79 Å². The van der Waals surface area contributed by atoms with Gasteiger partial charge in [-0.2, -0.15) is 0 Å². The molecule has 0 spiro atoms. The summed E-state index contributed by atoms with van der Waals surface area (Å²) in [5.41, 5.74) is 6.11. The minimum absolute atomic E-state index is 0.0486. The maximum Gasteiger partial charge on any atom is 0.226 e. The molecule has 0 aliphatic heterocycles. The van der Waals surface area contributed by atoms with Gasteiger partial charge in [-0.15, -0.1) is 0 Å². The lowest BCUT2D eigenvalue weighted by molar-refractivity contribution is -0.118. The molecule has 0 unspecified atom stereocenters. The van der Waals surface area contributed by atoms with E-state index in [-0.39, 0.29) is 11.7 Å². The lowest BCUT2D eigenvalue weighted by Gasteiger charge is -2.22. The number of amides is 1. The number of anilines is 1. The van der Waals surface area contributed by atoms with Gasteiger partial charge in [-0.1, -0.05) is 25.8 Å². The van der Waals surface area contributed by atoms with Gasteiger partial charge >= 0.3 is 0 Å². The summed E-state index contributed by atoms with van der Waals surface area (Å²) in [6.45, 7) is 3.17. The van der Waals surface area contributed by atoms with Crippen molar-refractivity contribution in [3.05, 3.63) is 30.1 Å². The average Bonchev–Trinajstić information content (AvgIpc) is 2.39. The first-order valence-electron chi connectivity index (χ1n) is 6.95. The molecule has 1 aromatic carbocycles. The topological polar surface area (TPSA) is 46.3 Å². The molecule has 0 aliphatic carbocycles. The van der Waals surface area contributed by atoms with Crippen LogP contribution in [0.5, 0.6) is 0 Å². The Morgan fingerprint density at radius 2 is 2.11 bits per heavy atom. The van der Waals surface area contributed by atoms with Gasteiger partial charge in [0.1, 0.15) is 5.82 Å². The summed E-state index contributed by atoms with van der Waals surface area (Å²) in [4.78, 5) is 13.8. The van der Waals surface area contributed by atoms with Crippen LogP contribution >= 0.6 is 0 Å². The Kier molecular flexibility index (Phi) is 7.11. The molecule has 1 rings (SSSR count). The van der Waals surface area contributed by atoms with Gasteiger partial charge in [0.25, 0.3) is 0 Å². The number of rotatable bonds is 8. The van der Waals surface area contributed by atoms with Gasteiger partial charge < -0.3 is 10.6 Å². The Balaban J connectivity index is 2.73. The number of unbranched alkanes of at least 4 members (excludes halogenated alkanes) is 2. The summed E-state index contributed by atoms with van der Waals surface area (Å²) in [7, 11) is 0. The Hall–Kier alpha value is -1.42. The fraction of sp³-hybridized carbons (Fsp3) is 0.533. The summed E-state index contributed by atoms with van der Waals surface area (Å²) in [5.74, 6) is -0.274. The molecule has 1 aromatic rings. The van der Waals surface area contributed by atoms with Crippen LogP contribution in [-0.4, -0.2) is 19.0 Å². The van der Waals surface area contributed by atoms with Crippen LogP contribution in [0.1, 0.15) is 39.0 Å². The van der Waals surface area contributed by atoms with Gasteiger partial charge in [0, 0.05) is 18.7 Å². The van der Waals surface area contributed by atoms with E-state index in [0.29, 0.717) is 25.2 Å². The van der Waals surface area contributed by atoms with Gasteiger partial charge in [0.05, 0.1) is 0 Å². The fourth-order valence-electron chi connectivity index (χ4n) is 1.95. The van der Waals surface area contributed by atoms with Crippen LogP contribution in [0, 0.1) is 5.82 Å². The normalized spacial score (nSPS) is 10.5. The highest BCUT2D eigenvalue weighted by Crippen LogP contribution is 2.18. The summed E-state index contributed by atoms with van der Waals surface area (Å²) in [6.07, 6.45) is 4.23. The minimum Gasteiger partial charge on any atom is -0.330 e. The summed E-state index contributed by atoms with van der Waals surface area (Å²) in [5, 5.41) is 0. The maximum absolute atomic E-state index is 13.3. The molecule has 0 saturated heterocycles. The van der Waals surface area contributed by atoms with Crippen LogP contribution in [0.2, 0.25) is 0 Å². The van der Waals surface area contributed by atoms with E-state index in [1.807, 2.05) is 0 Å². The van der Waals surface area contributed by atoms with E-state index in [2.05, 4.69) is 6.92 Å². The first-order valence-corrected chi connectivity index (χ1v) is 6.95. The molecule has 0 atom stereocenters. The summed E-state index contributed by atoms with van der Waals surface area (Å²) >= 11 is 0. The van der Waals surface area contributed by atoms with Gasteiger partial charge in [-0.25, -0.2) is 4.39 Å². The van der Waals surface area contributed by atoms with Gasteiger partial charge in [-0.05, 0) is 37.6 Å². The number of nitrogens with two attached hydrogens (primary N) is 1. The second-order valence-corrected chi connectivity index (χ2v) is 4.62. The molecular formula is C15H23FN2O. The molecule has 0 bridgehead atoms. The van der Waals surface area contributed by atoms with Crippen LogP contribution in [0.15, 0.2) is 24.3 Å². The molecule has 3 nitrogen and oxygen atoms in total. The van der Waals surface area contributed by atoms with Crippen molar-refractivity contribution < 1.29 is 9.18 Å². The predicted octanol–water partition coefficient (Wildman–Crippen LogP) is 3.09. The Bertz CT molecular complexity index is 395. The van der Waals surface area contributed by atoms with E-state index in [1.165, 1.54) is 12.1 Å². The number of benzene rings is 1. The molecule has 0 aromatic heterocycles. The number of carbonyl (C=O) groups excluding carboxylic acids is 1. The van der Waals surface area contributed by atoms with Crippen molar-refractivity contribution in [1.82, 2.24) is 0 Å². The summed E-state index contributed by atoms with van der Waals surface area (Å²) in [6, 6.07) is 6.16. The number of carbonyl (C=O) groups is 1. The molecule has 1 amide bonds. The SMILES string of the molecule is CCCCCC(=O)N(CCCN)c1cccc(F)c1. The molecule has 0 radical (unpaired) electrons. The van der Waals surface area contributed by atoms with Gasteiger partial charge in [0.15, 0.2) is 0 Å². The zero-order valence-electron chi connectivity index (χ0n) is 11.6. The number of hydrogen-bond acceptors (Lipinski definition) is 2. The molecule has 4 heteroatoms. The summed E-state index contributed by atoms with van der Waals surface area (Å²) < 4.78 is 13.3. The molecule has 106 valence electrons. The van der Waals surface area contributed by atoms with Crippen molar-refractivity contribution in [2.24, 2.45) is 5.73 Å². The first-order chi connectivity index (χ1) is 9.19. The van der Waals surface area contributed by atoms with Crippen molar-refractivity contribution in [2.45, 2.75) is 39.0 Å². The highest BCUT2D eigenvalue weighted by Gasteiger charge is 2.15. The standard InChI is InChI=1S/C15H23FN2O/c1-2-3-4-9-15(19)18(11-6-10-17)14-8-5-7-13(16)12-14/h5,7-8,12H,2-4,6,9-11,17H2,1H3. The predicted molar refractivity (Wildman–Crippen MR) is 76.6 cm³/mol. The molecular weight excluding hydrogens is 243 g/mol. The monoisotopic (exact) mass is 266 g/mol. The van der Waals surface area contributed by atoms with Crippen molar-refractivity contribution >= 4 is 11.6 Å². The van der Waals surface area contributed by atoms with Crippen LogP contribution in [0.25, 0.3) is 0 Å².